The van der Waals surface area contributed by atoms with Crippen molar-refractivity contribution in [2.24, 2.45) is 0 Å². The van der Waals surface area contributed by atoms with Crippen LogP contribution >= 0.6 is 11.3 Å². The van der Waals surface area contributed by atoms with Crippen molar-refractivity contribution in [2.75, 3.05) is 11.1 Å². The molecule has 0 aromatic carbocycles. The fourth-order valence-electron chi connectivity index (χ4n) is 1.19. The fraction of sp³-hybridized carbons (Fsp3) is 0.222. The smallest absolute Gasteiger partial charge is 0.221 e. The number of nitrogens with two attached hydrogens (primary N) is 1. The molecule has 0 aliphatic carbocycles. The molecule has 78 valence electrons. The SMILES string of the molecule is CC(Nc1ccnc(N)n1)c1nccs1. The summed E-state index contributed by atoms with van der Waals surface area (Å²) in [5.41, 5.74) is 5.48. The van der Waals surface area contributed by atoms with Crippen LogP contribution in [-0.4, -0.2) is 15.0 Å². The lowest BCUT2D eigenvalue weighted by atomic mass is 10.3. The normalized spacial score (nSPS) is 12.3. The zero-order valence-electron chi connectivity index (χ0n) is 8.21. The lowest BCUT2D eigenvalue weighted by Crippen LogP contribution is -2.08. The number of nitrogens with one attached hydrogen (secondary N) is 1. The van der Waals surface area contributed by atoms with Crippen molar-refractivity contribution in [3.05, 3.63) is 28.8 Å². The van der Waals surface area contributed by atoms with Crippen LogP contribution in [0.5, 0.6) is 0 Å². The Labute approximate surface area is 91.4 Å². The van der Waals surface area contributed by atoms with Gasteiger partial charge < -0.3 is 11.1 Å². The average Bonchev–Trinajstić information content (AvgIpc) is 2.70. The third kappa shape index (κ3) is 2.41. The predicted octanol–water partition coefficient (Wildman–Crippen LogP) is 1.69. The molecule has 0 saturated heterocycles. The van der Waals surface area contributed by atoms with E-state index in [2.05, 4.69) is 20.3 Å². The Kier molecular flexibility index (Phi) is 2.77. The largest absolute Gasteiger partial charge is 0.368 e. The Hall–Kier alpha value is -1.69. The summed E-state index contributed by atoms with van der Waals surface area (Å²) in [5, 5.41) is 6.17. The standard InChI is InChI=1S/C9H11N5S/c1-6(8-11-4-5-15-8)13-7-2-3-12-9(10)14-7/h2-6H,1H3,(H3,10,12,13,14). The molecule has 0 aliphatic rings. The Morgan fingerprint density at radius 1 is 1.40 bits per heavy atom. The molecule has 2 aromatic heterocycles. The van der Waals surface area contributed by atoms with E-state index in [0.29, 0.717) is 5.82 Å². The highest BCUT2D eigenvalue weighted by atomic mass is 32.1. The molecule has 3 N–H and O–H groups in total. The van der Waals surface area contributed by atoms with E-state index in [9.17, 15) is 0 Å². The molecule has 0 aliphatic heterocycles. The van der Waals surface area contributed by atoms with Crippen LogP contribution < -0.4 is 11.1 Å². The maximum atomic E-state index is 5.48. The van der Waals surface area contributed by atoms with Crippen LogP contribution in [0.3, 0.4) is 0 Å². The zero-order chi connectivity index (χ0) is 10.7. The molecule has 2 heterocycles. The molecule has 2 rings (SSSR count). The van der Waals surface area contributed by atoms with Gasteiger partial charge in [-0.1, -0.05) is 0 Å². The van der Waals surface area contributed by atoms with Gasteiger partial charge in [0.25, 0.3) is 0 Å². The molecule has 0 fully saturated rings. The first-order valence-electron chi connectivity index (χ1n) is 4.50. The minimum atomic E-state index is 0.124. The highest BCUT2D eigenvalue weighted by molar-refractivity contribution is 7.09. The minimum Gasteiger partial charge on any atom is -0.368 e. The highest BCUT2D eigenvalue weighted by Gasteiger charge is 2.08. The summed E-state index contributed by atoms with van der Waals surface area (Å²) in [4.78, 5) is 12.1. The summed E-state index contributed by atoms with van der Waals surface area (Å²) >= 11 is 1.61. The van der Waals surface area contributed by atoms with Crippen LogP contribution in [0.25, 0.3) is 0 Å². The number of anilines is 2. The van der Waals surface area contributed by atoms with Crippen molar-refractivity contribution in [1.29, 1.82) is 0 Å². The van der Waals surface area contributed by atoms with E-state index in [-0.39, 0.29) is 12.0 Å². The third-order valence-corrected chi connectivity index (χ3v) is 2.82. The number of nitrogen functional groups attached to an aromatic ring is 1. The number of thiazole rings is 1. The van der Waals surface area contributed by atoms with Gasteiger partial charge in [0, 0.05) is 17.8 Å². The second-order valence-electron chi connectivity index (χ2n) is 3.04. The molecule has 0 saturated carbocycles. The summed E-state index contributed by atoms with van der Waals surface area (Å²) in [6.07, 6.45) is 3.41. The number of nitrogens with zero attached hydrogens (tertiary/aromatic N) is 3. The molecule has 1 atom stereocenters. The number of hydrogen-bond donors (Lipinski definition) is 2. The van der Waals surface area contributed by atoms with Gasteiger partial charge in [-0.3, -0.25) is 0 Å². The maximum absolute atomic E-state index is 5.48. The third-order valence-electron chi connectivity index (χ3n) is 1.86. The first-order valence-corrected chi connectivity index (χ1v) is 5.38. The van der Waals surface area contributed by atoms with Gasteiger partial charge in [0.1, 0.15) is 10.8 Å². The van der Waals surface area contributed by atoms with E-state index in [1.807, 2.05) is 12.3 Å². The van der Waals surface area contributed by atoms with Gasteiger partial charge in [0.2, 0.25) is 5.95 Å². The summed E-state index contributed by atoms with van der Waals surface area (Å²) in [7, 11) is 0. The van der Waals surface area contributed by atoms with E-state index in [4.69, 9.17) is 5.73 Å². The summed E-state index contributed by atoms with van der Waals surface area (Å²) in [5.74, 6) is 0.983. The van der Waals surface area contributed by atoms with Crippen molar-refractivity contribution < 1.29 is 0 Å². The first-order chi connectivity index (χ1) is 7.25. The van der Waals surface area contributed by atoms with E-state index >= 15 is 0 Å². The number of hydrogen-bond acceptors (Lipinski definition) is 6. The number of aromatic nitrogens is 3. The summed E-state index contributed by atoms with van der Waals surface area (Å²) in [6, 6.07) is 1.90. The van der Waals surface area contributed by atoms with E-state index in [1.54, 1.807) is 29.8 Å². The van der Waals surface area contributed by atoms with E-state index in [1.165, 1.54) is 0 Å². The molecule has 1 unspecified atom stereocenters. The highest BCUT2D eigenvalue weighted by Crippen LogP contribution is 2.19. The second-order valence-corrected chi connectivity index (χ2v) is 3.96. The van der Waals surface area contributed by atoms with Crippen molar-refractivity contribution in [3.8, 4) is 0 Å². The predicted molar refractivity (Wildman–Crippen MR) is 60.6 cm³/mol. The van der Waals surface area contributed by atoms with Crippen LogP contribution in [0, 0.1) is 0 Å². The molecule has 0 bridgehead atoms. The second kappa shape index (κ2) is 4.22. The van der Waals surface area contributed by atoms with Crippen LogP contribution in [0.4, 0.5) is 11.8 Å². The van der Waals surface area contributed by atoms with Gasteiger partial charge in [0.15, 0.2) is 0 Å². The Morgan fingerprint density at radius 2 is 2.27 bits per heavy atom. The Balaban J connectivity index is 2.09. The van der Waals surface area contributed by atoms with Gasteiger partial charge in [-0.2, -0.15) is 4.98 Å². The molecule has 6 heteroatoms. The first kappa shape index (κ1) is 9.85. The topological polar surface area (TPSA) is 76.7 Å². The van der Waals surface area contributed by atoms with Gasteiger partial charge in [-0.05, 0) is 13.0 Å². The molecule has 0 amide bonds. The lowest BCUT2D eigenvalue weighted by Gasteiger charge is -2.11. The van der Waals surface area contributed by atoms with Crippen LogP contribution in [0.1, 0.15) is 18.0 Å². The maximum Gasteiger partial charge on any atom is 0.221 e. The number of rotatable bonds is 3. The van der Waals surface area contributed by atoms with Crippen LogP contribution in [0.2, 0.25) is 0 Å². The quantitative estimate of drug-likeness (QED) is 0.824. The molecule has 0 radical (unpaired) electrons. The Bertz CT molecular complexity index is 428. The van der Waals surface area contributed by atoms with Crippen molar-refractivity contribution >= 4 is 23.1 Å². The van der Waals surface area contributed by atoms with Gasteiger partial charge in [0.05, 0.1) is 6.04 Å². The molecular formula is C9H11N5S. The summed E-state index contributed by atoms with van der Waals surface area (Å²) < 4.78 is 0. The average molecular weight is 221 g/mol. The van der Waals surface area contributed by atoms with Crippen molar-refractivity contribution in [1.82, 2.24) is 15.0 Å². The lowest BCUT2D eigenvalue weighted by molar-refractivity contribution is 0.859. The van der Waals surface area contributed by atoms with Crippen molar-refractivity contribution in [2.45, 2.75) is 13.0 Å². The summed E-state index contributed by atoms with van der Waals surface area (Å²) in [6.45, 7) is 2.02. The van der Waals surface area contributed by atoms with Gasteiger partial charge in [-0.25, -0.2) is 9.97 Å². The molecule has 15 heavy (non-hydrogen) atoms. The van der Waals surface area contributed by atoms with Gasteiger partial charge in [-0.15, -0.1) is 11.3 Å². The zero-order valence-corrected chi connectivity index (χ0v) is 9.03. The molecule has 2 aromatic rings. The van der Waals surface area contributed by atoms with E-state index in [0.717, 1.165) is 5.01 Å². The molecule has 0 spiro atoms. The van der Waals surface area contributed by atoms with Crippen LogP contribution in [0.15, 0.2) is 23.8 Å². The van der Waals surface area contributed by atoms with Crippen molar-refractivity contribution in [3.63, 3.8) is 0 Å². The Morgan fingerprint density at radius 3 is 2.93 bits per heavy atom. The van der Waals surface area contributed by atoms with Crippen LogP contribution in [-0.2, 0) is 0 Å². The van der Waals surface area contributed by atoms with Gasteiger partial charge >= 0.3 is 0 Å². The minimum absolute atomic E-state index is 0.124. The fourth-order valence-corrected chi connectivity index (χ4v) is 1.83. The monoisotopic (exact) mass is 221 g/mol. The van der Waals surface area contributed by atoms with E-state index < -0.39 is 0 Å². The molecular weight excluding hydrogens is 210 g/mol. The molecule has 5 nitrogen and oxygen atoms in total.